The molecule has 5 rings (SSSR count). The second-order valence-corrected chi connectivity index (χ2v) is 11.2. The smallest absolute Gasteiger partial charge is 0.255 e. The van der Waals surface area contributed by atoms with E-state index < -0.39 is 0 Å². The van der Waals surface area contributed by atoms with Crippen molar-refractivity contribution in [2.45, 2.75) is 44.1 Å². The Bertz CT molecular complexity index is 1440. The van der Waals surface area contributed by atoms with Gasteiger partial charge in [-0.05, 0) is 67.9 Å². The molecule has 3 aromatic carbocycles. The van der Waals surface area contributed by atoms with Crippen molar-refractivity contribution in [3.63, 3.8) is 0 Å². The molecule has 39 heavy (non-hydrogen) atoms. The third kappa shape index (κ3) is 5.77. The fourth-order valence-corrected chi connectivity index (χ4v) is 5.91. The molecule has 2 N–H and O–H groups in total. The van der Waals surface area contributed by atoms with Crippen LogP contribution in [0.5, 0.6) is 0 Å². The molecule has 1 aromatic heterocycles. The molecular formula is C32H36ClN5O. The maximum Gasteiger partial charge on any atom is 0.255 e. The summed E-state index contributed by atoms with van der Waals surface area (Å²) in [6, 6.07) is 22.3. The van der Waals surface area contributed by atoms with Crippen LogP contribution in [-0.2, 0) is 5.41 Å². The highest BCUT2D eigenvalue weighted by Crippen LogP contribution is 2.47. The predicted molar refractivity (Wildman–Crippen MR) is 160 cm³/mol. The quantitative estimate of drug-likeness (QED) is 0.249. The van der Waals surface area contributed by atoms with Crippen LogP contribution >= 0.6 is 11.6 Å². The lowest BCUT2D eigenvalue weighted by Crippen LogP contribution is -2.34. The van der Waals surface area contributed by atoms with Gasteiger partial charge in [-0.1, -0.05) is 79.0 Å². The van der Waals surface area contributed by atoms with E-state index in [0.717, 1.165) is 59.8 Å². The van der Waals surface area contributed by atoms with Crippen LogP contribution in [0.4, 0.5) is 5.95 Å². The third-order valence-corrected chi connectivity index (χ3v) is 8.07. The van der Waals surface area contributed by atoms with Crippen LogP contribution < -0.4 is 10.6 Å². The number of nitrogens with zero attached hydrogens (tertiary/aromatic N) is 3. The van der Waals surface area contributed by atoms with Crippen LogP contribution in [0, 0.1) is 0 Å². The normalized spacial score (nSPS) is 15.4. The van der Waals surface area contributed by atoms with E-state index in [2.05, 4.69) is 56.9 Å². The number of amides is 1. The lowest BCUT2D eigenvalue weighted by atomic mass is 9.74. The molecule has 0 bridgehead atoms. The first-order valence-corrected chi connectivity index (χ1v) is 14.1. The highest BCUT2D eigenvalue weighted by molar-refractivity contribution is 6.30. The summed E-state index contributed by atoms with van der Waals surface area (Å²) in [5.41, 5.74) is 3.16. The van der Waals surface area contributed by atoms with Crippen molar-refractivity contribution >= 4 is 34.2 Å². The maximum atomic E-state index is 13.9. The fraction of sp³-hybridized carbons (Fsp3) is 0.344. The van der Waals surface area contributed by atoms with E-state index in [9.17, 15) is 4.79 Å². The summed E-state index contributed by atoms with van der Waals surface area (Å²) in [5, 5.41) is 9.60. The average Bonchev–Trinajstić information content (AvgIpc) is 3.44. The number of likely N-dealkylation sites (N-methyl/N-ethyl adjacent to an activating group) is 1. The summed E-state index contributed by atoms with van der Waals surface area (Å²) >= 11 is 6.25. The van der Waals surface area contributed by atoms with Crippen LogP contribution in [0.3, 0.4) is 0 Å². The molecule has 4 aromatic rings. The van der Waals surface area contributed by atoms with E-state index in [1.807, 2.05) is 51.4 Å². The minimum Gasteiger partial charge on any atom is -0.353 e. The molecule has 0 aliphatic heterocycles. The summed E-state index contributed by atoms with van der Waals surface area (Å²) in [6.45, 7) is 3.59. The zero-order chi connectivity index (χ0) is 27.4. The number of carbonyl (C=O) groups excluding carboxylic acids is 1. The van der Waals surface area contributed by atoms with E-state index in [1.165, 1.54) is 0 Å². The molecule has 1 unspecified atom stereocenters. The molecule has 1 saturated carbocycles. The second-order valence-electron chi connectivity index (χ2n) is 10.7. The van der Waals surface area contributed by atoms with Gasteiger partial charge in [0.25, 0.3) is 5.91 Å². The standard InChI is InChI=1S/C32H36ClN5O/c1-22(26-12-8-10-23-9-4-5-11-27(23)26)36-30(39)28-21-35-31(34-19-20-38(2)3)37-29(28)32(17-6-7-18-32)24-13-15-25(33)16-14-24/h4-5,8-16,21-22H,6-7,17-20H2,1-3H3,(H,36,39)(H,34,35,37). The van der Waals surface area contributed by atoms with Crippen LogP contribution in [0.2, 0.25) is 5.02 Å². The Kier molecular flexibility index (Phi) is 8.15. The molecule has 202 valence electrons. The minimum atomic E-state index is -0.374. The van der Waals surface area contributed by atoms with Gasteiger partial charge in [0.2, 0.25) is 5.95 Å². The average molecular weight is 542 g/mol. The summed E-state index contributed by atoms with van der Waals surface area (Å²) in [7, 11) is 4.07. The van der Waals surface area contributed by atoms with Crippen molar-refractivity contribution in [1.29, 1.82) is 0 Å². The van der Waals surface area contributed by atoms with Gasteiger partial charge in [-0.2, -0.15) is 0 Å². The third-order valence-electron chi connectivity index (χ3n) is 7.82. The number of anilines is 1. The molecule has 1 heterocycles. The molecule has 1 amide bonds. The molecule has 1 aliphatic carbocycles. The molecule has 1 atom stereocenters. The number of carbonyl (C=O) groups is 1. The maximum absolute atomic E-state index is 13.9. The van der Waals surface area contributed by atoms with Crippen LogP contribution in [0.15, 0.2) is 72.9 Å². The molecule has 1 aliphatic rings. The van der Waals surface area contributed by atoms with Gasteiger partial charge in [-0.25, -0.2) is 9.97 Å². The number of hydrogen-bond acceptors (Lipinski definition) is 5. The van der Waals surface area contributed by atoms with Gasteiger partial charge in [0.15, 0.2) is 0 Å². The van der Waals surface area contributed by atoms with Gasteiger partial charge >= 0.3 is 0 Å². The van der Waals surface area contributed by atoms with Crippen LogP contribution in [-0.4, -0.2) is 48.0 Å². The van der Waals surface area contributed by atoms with Crippen LogP contribution in [0.25, 0.3) is 10.8 Å². The Hall–Kier alpha value is -3.48. The van der Waals surface area contributed by atoms with E-state index in [1.54, 1.807) is 6.20 Å². The lowest BCUT2D eigenvalue weighted by molar-refractivity contribution is 0.0937. The second kappa shape index (κ2) is 11.7. The number of nitrogens with one attached hydrogen (secondary N) is 2. The fourth-order valence-electron chi connectivity index (χ4n) is 5.78. The zero-order valence-electron chi connectivity index (χ0n) is 22.9. The molecule has 0 spiro atoms. The highest BCUT2D eigenvalue weighted by Gasteiger charge is 2.42. The van der Waals surface area contributed by atoms with E-state index in [0.29, 0.717) is 23.1 Å². The molecular weight excluding hydrogens is 506 g/mol. The first-order valence-electron chi connectivity index (χ1n) is 13.7. The van der Waals surface area contributed by atoms with Crippen LogP contribution in [0.1, 0.15) is 65.8 Å². The molecule has 0 saturated heterocycles. The molecule has 6 nitrogen and oxygen atoms in total. The Balaban J connectivity index is 1.53. The topological polar surface area (TPSA) is 70.2 Å². The van der Waals surface area contributed by atoms with Gasteiger partial charge in [-0.3, -0.25) is 4.79 Å². The monoisotopic (exact) mass is 541 g/mol. The van der Waals surface area contributed by atoms with Crippen molar-refractivity contribution < 1.29 is 4.79 Å². The summed E-state index contributed by atoms with van der Waals surface area (Å²) in [5.74, 6) is 0.385. The van der Waals surface area contributed by atoms with E-state index in [4.69, 9.17) is 16.6 Å². The molecule has 7 heteroatoms. The highest BCUT2D eigenvalue weighted by atomic mass is 35.5. The molecule has 0 radical (unpaired) electrons. The van der Waals surface area contributed by atoms with Gasteiger partial charge < -0.3 is 15.5 Å². The Morgan fingerprint density at radius 2 is 1.74 bits per heavy atom. The Morgan fingerprint density at radius 1 is 1.03 bits per heavy atom. The van der Waals surface area contributed by atoms with E-state index >= 15 is 0 Å². The predicted octanol–water partition coefficient (Wildman–Crippen LogP) is 6.61. The minimum absolute atomic E-state index is 0.162. The largest absolute Gasteiger partial charge is 0.353 e. The first-order chi connectivity index (χ1) is 18.9. The summed E-state index contributed by atoms with van der Waals surface area (Å²) in [4.78, 5) is 25.7. The van der Waals surface area contributed by atoms with Crippen molar-refractivity contribution in [1.82, 2.24) is 20.2 Å². The van der Waals surface area contributed by atoms with Crippen molar-refractivity contribution in [2.24, 2.45) is 0 Å². The van der Waals surface area contributed by atoms with Crippen molar-refractivity contribution in [2.75, 3.05) is 32.5 Å². The SMILES string of the molecule is CC(NC(=O)c1cnc(NCCN(C)C)nc1C1(c2ccc(Cl)cc2)CCCC1)c1cccc2ccccc12. The number of hydrogen-bond donors (Lipinski definition) is 2. The van der Waals surface area contributed by atoms with E-state index in [-0.39, 0.29) is 17.4 Å². The summed E-state index contributed by atoms with van der Waals surface area (Å²) < 4.78 is 0. The van der Waals surface area contributed by atoms with Gasteiger partial charge in [0.1, 0.15) is 0 Å². The van der Waals surface area contributed by atoms with Gasteiger partial charge in [-0.15, -0.1) is 0 Å². The lowest BCUT2D eigenvalue weighted by Gasteiger charge is -2.31. The van der Waals surface area contributed by atoms with Crippen molar-refractivity contribution in [3.05, 3.63) is 100 Å². The Morgan fingerprint density at radius 3 is 2.49 bits per heavy atom. The number of benzene rings is 3. The number of aromatic nitrogens is 2. The Labute approximate surface area is 235 Å². The number of rotatable bonds is 9. The summed E-state index contributed by atoms with van der Waals surface area (Å²) in [6.07, 6.45) is 5.68. The number of fused-ring (bicyclic) bond motifs is 1. The number of halogens is 1. The van der Waals surface area contributed by atoms with Gasteiger partial charge in [0, 0.05) is 29.7 Å². The first kappa shape index (κ1) is 27.1. The zero-order valence-corrected chi connectivity index (χ0v) is 23.6. The van der Waals surface area contributed by atoms with Gasteiger partial charge in [0.05, 0.1) is 17.3 Å². The van der Waals surface area contributed by atoms with Crippen molar-refractivity contribution in [3.8, 4) is 0 Å². The molecule has 1 fully saturated rings.